The van der Waals surface area contributed by atoms with E-state index in [4.69, 9.17) is 0 Å². The molecule has 0 aliphatic heterocycles. The molecule has 1 aliphatic rings. The third-order valence-corrected chi connectivity index (χ3v) is 6.68. The highest BCUT2D eigenvalue weighted by Crippen LogP contribution is 2.36. The van der Waals surface area contributed by atoms with Gasteiger partial charge in [0.2, 0.25) is 16.9 Å². The molecule has 0 unspecified atom stereocenters. The van der Waals surface area contributed by atoms with Gasteiger partial charge in [-0.3, -0.25) is 14.5 Å². The second-order valence-electron chi connectivity index (χ2n) is 5.67. The number of nitrogens with one attached hydrogen (secondary N) is 1. The number of hydrogen-bond donors (Lipinski definition) is 1. The van der Waals surface area contributed by atoms with Gasteiger partial charge in [0.1, 0.15) is 0 Å². The van der Waals surface area contributed by atoms with Crippen molar-refractivity contribution in [3.05, 3.63) is 22.4 Å². The number of nitrogens with zero attached hydrogens (tertiary/aromatic N) is 3. The molecule has 0 radical (unpaired) electrons. The van der Waals surface area contributed by atoms with Crippen molar-refractivity contribution < 1.29 is 9.59 Å². The van der Waals surface area contributed by atoms with Crippen LogP contribution in [-0.4, -0.2) is 40.4 Å². The molecule has 0 atom stereocenters. The molecule has 0 spiro atoms. The van der Waals surface area contributed by atoms with Crippen LogP contribution in [0, 0.1) is 0 Å². The second kappa shape index (κ2) is 8.77. The summed E-state index contributed by atoms with van der Waals surface area (Å²) < 4.78 is 0.720. The lowest BCUT2D eigenvalue weighted by Gasteiger charge is -2.17. The molecule has 2 aromatic rings. The van der Waals surface area contributed by atoms with E-state index in [1.54, 1.807) is 16.2 Å². The highest BCUT2D eigenvalue weighted by molar-refractivity contribution is 8.01. The van der Waals surface area contributed by atoms with E-state index < -0.39 is 0 Å². The van der Waals surface area contributed by atoms with E-state index in [1.807, 2.05) is 18.4 Å². The lowest BCUT2D eigenvalue weighted by molar-refractivity contribution is -0.119. The summed E-state index contributed by atoms with van der Waals surface area (Å²) in [5.74, 6) is 0.382. The SMILES string of the molecule is CCC(=O)N(c1nnc(SCC(=O)NCCc2cccs2)s1)C1CC1. The molecular formula is C16H20N4O2S3. The number of aromatic nitrogens is 2. The smallest absolute Gasteiger partial charge is 0.230 e. The van der Waals surface area contributed by atoms with E-state index in [9.17, 15) is 9.59 Å². The number of thiophene rings is 1. The van der Waals surface area contributed by atoms with E-state index in [2.05, 4.69) is 21.6 Å². The van der Waals surface area contributed by atoms with Gasteiger partial charge in [0, 0.05) is 23.9 Å². The van der Waals surface area contributed by atoms with Crippen LogP contribution >= 0.6 is 34.4 Å². The van der Waals surface area contributed by atoms with Crippen LogP contribution in [0.5, 0.6) is 0 Å². The predicted molar refractivity (Wildman–Crippen MR) is 102 cm³/mol. The normalized spacial score (nSPS) is 13.6. The number of hydrogen-bond acceptors (Lipinski definition) is 7. The van der Waals surface area contributed by atoms with E-state index in [-0.39, 0.29) is 17.9 Å². The van der Waals surface area contributed by atoms with Gasteiger partial charge in [-0.25, -0.2) is 0 Å². The molecule has 1 aliphatic carbocycles. The Morgan fingerprint density at radius 2 is 2.24 bits per heavy atom. The molecule has 25 heavy (non-hydrogen) atoms. The molecular weight excluding hydrogens is 376 g/mol. The largest absolute Gasteiger partial charge is 0.355 e. The van der Waals surface area contributed by atoms with Crippen LogP contribution in [-0.2, 0) is 16.0 Å². The van der Waals surface area contributed by atoms with Crippen molar-refractivity contribution in [3.63, 3.8) is 0 Å². The van der Waals surface area contributed by atoms with Gasteiger partial charge in [-0.05, 0) is 30.7 Å². The summed E-state index contributed by atoms with van der Waals surface area (Å²) >= 11 is 4.44. The molecule has 1 N–H and O–H groups in total. The maximum Gasteiger partial charge on any atom is 0.230 e. The summed E-state index contributed by atoms with van der Waals surface area (Å²) in [6.45, 7) is 2.50. The monoisotopic (exact) mass is 396 g/mol. The van der Waals surface area contributed by atoms with E-state index in [0.29, 0.717) is 23.8 Å². The minimum atomic E-state index is -0.0120. The zero-order chi connectivity index (χ0) is 17.6. The number of carbonyl (C=O) groups excluding carboxylic acids is 2. The van der Waals surface area contributed by atoms with Gasteiger partial charge in [-0.2, -0.15) is 0 Å². The zero-order valence-corrected chi connectivity index (χ0v) is 16.4. The fourth-order valence-electron chi connectivity index (χ4n) is 2.29. The van der Waals surface area contributed by atoms with Gasteiger partial charge in [-0.15, -0.1) is 21.5 Å². The molecule has 0 bridgehead atoms. The summed E-state index contributed by atoms with van der Waals surface area (Å²) in [7, 11) is 0. The Bertz CT molecular complexity index is 713. The maximum atomic E-state index is 12.1. The fourth-order valence-corrected chi connectivity index (χ4v) is 4.76. The van der Waals surface area contributed by atoms with Crippen LogP contribution in [0.2, 0.25) is 0 Å². The molecule has 1 fully saturated rings. The van der Waals surface area contributed by atoms with Crippen molar-refractivity contribution in [2.75, 3.05) is 17.2 Å². The first-order valence-corrected chi connectivity index (χ1v) is 10.9. The lowest BCUT2D eigenvalue weighted by Crippen LogP contribution is -2.32. The van der Waals surface area contributed by atoms with Crippen molar-refractivity contribution in [2.24, 2.45) is 0 Å². The predicted octanol–water partition coefficient (Wildman–Crippen LogP) is 2.96. The van der Waals surface area contributed by atoms with E-state index >= 15 is 0 Å². The van der Waals surface area contributed by atoms with Crippen molar-refractivity contribution >= 4 is 51.4 Å². The maximum absolute atomic E-state index is 12.1. The molecule has 2 amide bonds. The average Bonchev–Trinajstić information content (AvgIpc) is 3.10. The van der Waals surface area contributed by atoms with Crippen LogP contribution in [0.25, 0.3) is 0 Å². The minimum absolute atomic E-state index is 0.0120. The van der Waals surface area contributed by atoms with Crippen molar-refractivity contribution in [2.45, 2.75) is 43.0 Å². The van der Waals surface area contributed by atoms with Gasteiger partial charge in [-0.1, -0.05) is 36.1 Å². The average molecular weight is 397 g/mol. The Balaban J connectivity index is 1.44. The molecule has 6 nitrogen and oxygen atoms in total. The summed E-state index contributed by atoms with van der Waals surface area (Å²) in [6, 6.07) is 4.36. The molecule has 2 heterocycles. The summed E-state index contributed by atoms with van der Waals surface area (Å²) in [5.41, 5.74) is 0. The number of amides is 2. The van der Waals surface area contributed by atoms with E-state index in [0.717, 1.165) is 23.6 Å². The van der Waals surface area contributed by atoms with Crippen molar-refractivity contribution in [3.8, 4) is 0 Å². The molecule has 134 valence electrons. The molecule has 9 heteroatoms. The number of thioether (sulfide) groups is 1. The Labute approximate surface area is 159 Å². The highest BCUT2D eigenvalue weighted by atomic mass is 32.2. The number of rotatable bonds is 9. The first-order valence-electron chi connectivity index (χ1n) is 8.24. The number of carbonyl (C=O) groups is 2. The van der Waals surface area contributed by atoms with Crippen LogP contribution in [0.4, 0.5) is 5.13 Å². The number of anilines is 1. The second-order valence-corrected chi connectivity index (χ2v) is 8.88. The van der Waals surface area contributed by atoms with Gasteiger partial charge >= 0.3 is 0 Å². The first-order chi connectivity index (χ1) is 12.2. The van der Waals surface area contributed by atoms with Crippen molar-refractivity contribution in [1.82, 2.24) is 15.5 Å². The highest BCUT2D eigenvalue weighted by Gasteiger charge is 2.35. The summed E-state index contributed by atoms with van der Waals surface area (Å²) in [4.78, 5) is 27.0. The standard InChI is InChI=1S/C16H20N4O2S3/c1-2-14(22)20(11-5-6-11)15-18-19-16(25-15)24-10-13(21)17-8-7-12-4-3-9-23-12/h3-4,9,11H,2,5-8,10H2,1H3,(H,17,21). The Morgan fingerprint density at radius 1 is 1.40 bits per heavy atom. The molecule has 2 aromatic heterocycles. The van der Waals surface area contributed by atoms with Crippen LogP contribution in [0.3, 0.4) is 0 Å². The summed E-state index contributed by atoms with van der Waals surface area (Å²) in [5, 5.41) is 13.9. The van der Waals surface area contributed by atoms with Gasteiger partial charge < -0.3 is 5.32 Å². The van der Waals surface area contributed by atoms with Crippen LogP contribution in [0.1, 0.15) is 31.1 Å². The van der Waals surface area contributed by atoms with Crippen LogP contribution in [0.15, 0.2) is 21.9 Å². The molecule has 0 saturated heterocycles. The van der Waals surface area contributed by atoms with E-state index in [1.165, 1.54) is 28.0 Å². The van der Waals surface area contributed by atoms with Crippen LogP contribution < -0.4 is 10.2 Å². The van der Waals surface area contributed by atoms with Gasteiger partial charge in [0.25, 0.3) is 0 Å². The summed E-state index contributed by atoms with van der Waals surface area (Å²) in [6.07, 6.45) is 3.37. The first kappa shape index (κ1) is 18.3. The Kier molecular flexibility index (Phi) is 6.44. The molecule has 0 aromatic carbocycles. The topological polar surface area (TPSA) is 75.2 Å². The molecule has 1 saturated carbocycles. The zero-order valence-electron chi connectivity index (χ0n) is 13.9. The Morgan fingerprint density at radius 3 is 2.92 bits per heavy atom. The fraction of sp³-hybridized carbons (Fsp3) is 0.500. The Hall–Kier alpha value is -1.45. The van der Waals surface area contributed by atoms with Gasteiger partial charge in [0.05, 0.1) is 5.75 Å². The van der Waals surface area contributed by atoms with Gasteiger partial charge in [0.15, 0.2) is 4.34 Å². The van der Waals surface area contributed by atoms with Crippen molar-refractivity contribution in [1.29, 1.82) is 0 Å². The third kappa shape index (κ3) is 5.26. The molecule has 3 rings (SSSR count). The minimum Gasteiger partial charge on any atom is -0.355 e. The quantitative estimate of drug-likeness (QED) is 0.521. The lowest BCUT2D eigenvalue weighted by atomic mass is 10.3. The third-order valence-electron chi connectivity index (χ3n) is 3.69.